The van der Waals surface area contributed by atoms with Crippen LogP contribution in [-0.4, -0.2) is 22.8 Å². The van der Waals surface area contributed by atoms with Gasteiger partial charge in [-0.05, 0) is 38.5 Å². The maximum absolute atomic E-state index is 12.9. The smallest absolute Gasteiger partial charge is 0.408 e. The van der Waals surface area contributed by atoms with Crippen molar-refractivity contribution in [1.82, 2.24) is 10.8 Å². The largest absolute Gasteiger partial charge is 0.444 e. The van der Waals surface area contributed by atoms with E-state index >= 15 is 0 Å². The van der Waals surface area contributed by atoms with Gasteiger partial charge in [-0.3, -0.25) is 10.0 Å². The Morgan fingerprint density at radius 2 is 1.86 bits per heavy atom. The van der Waals surface area contributed by atoms with Crippen LogP contribution in [0.15, 0.2) is 24.3 Å². The highest BCUT2D eigenvalue weighted by Gasteiger charge is 2.22. The van der Waals surface area contributed by atoms with Gasteiger partial charge in [-0.2, -0.15) is 0 Å². The number of nitrogens with one attached hydrogen (secondary N) is 2. The van der Waals surface area contributed by atoms with Crippen molar-refractivity contribution in [2.75, 3.05) is 0 Å². The first-order valence-corrected chi connectivity index (χ1v) is 6.39. The van der Waals surface area contributed by atoms with Crippen LogP contribution in [0.3, 0.4) is 0 Å². The van der Waals surface area contributed by atoms with E-state index in [2.05, 4.69) is 5.32 Å². The van der Waals surface area contributed by atoms with Crippen LogP contribution in [0.5, 0.6) is 0 Å². The van der Waals surface area contributed by atoms with Gasteiger partial charge in [0.2, 0.25) is 5.91 Å². The fraction of sp³-hybridized carbons (Fsp3) is 0.429. The SMILES string of the molecule is CC(C)(C)OC(=O)N[C@@H](CC(=O)NO)c1ccc(F)cc1. The summed E-state index contributed by atoms with van der Waals surface area (Å²) in [4.78, 5) is 23.1. The second-order valence-electron chi connectivity index (χ2n) is 5.49. The van der Waals surface area contributed by atoms with Gasteiger partial charge in [0.1, 0.15) is 11.4 Å². The number of hydrogen-bond donors (Lipinski definition) is 3. The van der Waals surface area contributed by atoms with Gasteiger partial charge in [-0.1, -0.05) is 12.1 Å². The van der Waals surface area contributed by atoms with Crippen molar-refractivity contribution in [1.29, 1.82) is 0 Å². The monoisotopic (exact) mass is 298 g/mol. The molecule has 0 aromatic heterocycles. The summed E-state index contributed by atoms with van der Waals surface area (Å²) in [5.74, 6) is -1.11. The van der Waals surface area contributed by atoms with E-state index in [1.54, 1.807) is 20.8 Å². The molecule has 0 bridgehead atoms. The Balaban J connectivity index is 2.84. The zero-order chi connectivity index (χ0) is 16.0. The summed E-state index contributed by atoms with van der Waals surface area (Å²) >= 11 is 0. The average Bonchev–Trinajstić information content (AvgIpc) is 2.36. The van der Waals surface area contributed by atoms with Gasteiger partial charge >= 0.3 is 6.09 Å². The second kappa shape index (κ2) is 7.03. The highest BCUT2D eigenvalue weighted by molar-refractivity contribution is 5.77. The third-order valence-electron chi connectivity index (χ3n) is 2.48. The van der Waals surface area contributed by atoms with Gasteiger partial charge in [0.15, 0.2) is 0 Å². The van der Waals surface area contributed by atoms with Gasteiger partial charge in [0.25, 0.3) is 0 Å². The van der Waals surface area contributed by atoms with Crippen molar-refractivity contribution in [3.63, 3.8) is 0 Å². The fourth-order valence-electron chi connectivity index (χ4n) is 1.63. The van der Waals surface area contributed by atoms with E-state index in [0.717, 1.165) is 0 Å². The summed E-state index contributed by atoms with van der Waals surface area (Å²) in [7, 11) is 0. The molecule has 7 heteroatoms. The molecule has 0 aliphatic carbocycles. The lowest BCUT2D eigenvalue weighted by Gasteiger charge is -2.23. The van der Waals surface area contributed by atoms with E-state index in [4.69, 9.17) is 9.94 Å². The van der Waals surface area contributed by atoms with Crippen molar-refractivity contribution < 1.29 is 23.9 Å². The molecule has 21 heavy (non-hydrogen) atoms. The van der Waals surface area contributed by atoms with Gasteiger partial charge < -0.3 is 10.1 Å². The minimum Gasteiger partial charge on any atom is -0.444 e. The minimum absolute atomic E-state index is 0.207. The van der Waals surface area contributed by atoms with Crippen LogP contribution in [0.25, 0.3) is 0 Å². The molecule has 1 aromatic carbocycles. The Kier molecular flexibility index (Phi) is 5.66. The second-order valence-corrected chi connectivity index (χ2v) is 5.49. The van der Waals surface area contributed by atoms with Crippen LogP contribution in [0.2, 0.25) is 0 Å². The zero-order valence-electron chi connectivity index (χ0n) is 12.1. The van der Waals surface area contributed by atoms with Crippen molar-refractivity contribution in [3.05, 3.63) is 35.6 Å². The van der Waals surface area contributed by atoms with Crippen LogP contribution in [0.1, 0.15) is 38.8 Å². The third kappa shape index (κ3) is 6.22. The lowest BCUT2D eigenvalue weighted by molar-refractivity contribution is -0.129. The number of halogens is 1. The fourth-order valence-corrected chi connectivity index (χ4v) is 1.63. The maximum Gasteiger partial charge on any atom is 0.408 e. The lowest BCUT2D eigenvalue weighted by Crippen LogP contribution is -2.37. The van der Waals surface area contributed by atoms with Crippen molar-refractivity contribution in [2.45, 2.75) is 38.8 Å². The molecule has 0 saturated heterocycles. The molecule has 1 rings (SSSR count). The summed E-state index contributed by atoms with van der Waals surface area (Å²) < 4.78 is 18.0. The molecular weight excluding hydrogens is 279 g/mol. The Hall–Kier alpha value is -2.15. The van der Waals surface area contributed by atoms with E-state index < -0.39 is 29.5 Å². The predicted molar refractivity (Wildman–Crippen MR) is 73.1 cm³/mol. The molecular formula is C14H19FN2O4. The number of carbonyl (C=O) groups excluding carboxylic acids is 2. The highest BCUT2D eigenvalue weighted by Crippen LogP contribution is 2.18. The summed E-state index contributed by atoms with van der Waals surface area (Å²) in [5, 5.41) is 11.1. The lowest BCUT2D eigenvalue weighted by atomic mass is 10.0. The topological polar surface area (TPSA) is 87.7 Å². The van der Waals surface area contributed by atoms with Gasteiger partial charge in [-0.15, -0.1) is 0 Å². The van der Waals surface area contributed by atoms with E-state index in [9.17, 15) is 14.0 Å². The van der Waals surface area contributed by atoms with Gasteiger partial charge in [-0.25, -0.2) is 14.7 Å². The Morgan fingerprint density at radius 1 is 1.29 bits per heavy atom. The molecule has 116 valence electrons. The van der Waals surface area contributed by atoms with Crippen LogP contribution in [0.4, 0.5) is 9.18 Å². The minimum atomic E-state index is -0.743. The first-order chi connectivity index (χ1) is 9.71. The number of benzene rings is 1. The zero-order valence-corrected chi connectivity index (χ0v) is 12.1. The predicted octanol–water partition coefficient (Wildman–Crippen LogP) is 2.29. The molecule has 0 unspecified atom stereocenters. The highest BCUT2D eigenvalue weighted by atomic mass is 19.1. The maximum atomic E-state index is 12.9. The van der Waals surface area contributed by atoms with Gasteiger partial charge in [0.05, 0.1) is 12.5 Å². The normalized spacial score (nSPS) is 12.4. The standard InChI is InChI=1S/C14H19FN2O4/c1-14(2,3)21-13(19)16-11(8-12(18)17-20)9-4-6-10(15)7-5-9/h4-7,11,20H,8H2,1-3H3,(H,16,19)(H,17,18)/t11-/m0/s1. The Bertz CT molecular complexity index is 497. The number of rotatable bonds is 4. The number of hydrogen-bond acceptors (Lipinski definition) is 4. The molecule has 0 aliphatic heterocycles. The molecule has 0 fully saturated rings. The average molecular weight is 298 g/mol. The number of hydroxylamine groups is 1. The molecule has 0 spiro atoms. The number of carbonyl (C=O) groups is 2. The molecule has 6 nitrogen and oxygen atoms in total. The molecule has 0 radical (unpaired) electrons. The van der Waals surface area contributed by atoms with Crippen molar-refractivity contribution in [2.24, 2.45) is 0 Å². The molecule has 1 aromatic rings. The summed E-state index contributed by atoms with van der Waals surface area (Å²) in [6.07, 6.45) is -0.913. The molecule has 2 amide bonds. The first-order valence-electron chi connectivity index (χ1n) is 6.39. The summed E-state index contributed by atoms with van der Waals surface area (Å²) in [5.41, 5.74) is 1.33. The van der Waals surface area contributed by atoms with Crippen LogP contribution >= 0.6 is 0 Å². The van der Waals surface area contributed by atoms with Crippen molar-refractivity contribution >= 4 is 12.0 Å². The summed E-state index contributed by atoms with van der Waals surface area (Å²) in [6, 6.07) is 4.59. The van der Waals surface area contributed by atoms with E-state index in [1.807, 2.05) is 0 Å². The van der Waals surface area contributed by atoms with Crippen LogP contribution in [-0.2, 0) is 9.53 Å². The van der Waals surface area contributed by atoms with E-state index in [-0.39, 0.29) is 6.42 Å². The molecule has 0 saturated carbocycles. The third-order valence-corrected chi connectivity index (χ3v) is 2.48. The molecule has 1 atom stereocenters. The molecule has 3 N–H and O–H groups in total. The Labute approximate surface area is 122 Å². The molecule has 0 heterocycles. The number of alkyl carbamates (subject to hydrolysis) is 1. The Morgan fingerprint density at radius 3 is 2.33 bits per heavy atom. The molecule has 0 aliphatic rings. The van der Waals surface area contributed by atoms with E-state index in [1.165, 1.54) is 29.7 Å². The number of amides is 2. The first kappa shape index (κ1) is 16.9. The quantitative estimate of drug-likeness (QED) is 0.588. The van der Waals surface area contributed by atoms with Crippen LogP contribution in [0, 0.1) is 5.82 Å². The van der Waals surface area contributed by atoms with E-state index in [0.29, 0.717) is 5.56 Å². The number of ether oxygens (including phenoxy) is 1. The summed E-state index contributed by atoms with van der Waals surface area (Å²) in [6.45, 7) is 5.12. The van der Waals surface area contributed by atoms with Crippen molar-refractivity contribution in [3.8, 4) is 0 Å². The van der Waals surface area contributed by atoms with Crippen LogP contribution < -0.4 is 10.8 Å². The van der Waals surface area contributed by atoms with Gasteiger partial charge in [0, 0.05) is 0 Å².